The van der Waals surface area contributed by atoms with Crippen molar-refractivity contribution in [3.8, 4) is 0 Å². The summed E-state index contributed by atoms with van der Waals surface area (Å²) in [4.78, 5) is 39.7. The lowest BCUT2D eigenvalue weighted by atomic mass is 9.94. The second-order valence-electron chi connectivity index (χ2n) is 6.49. The van der Waals surface area contributed by atoms with Gasteiger partial charge in [-0.1, -0.05) is 45.0 Å². The maximum absolute atomic E-state index is 13.3. The number of hydrogen-bond donors (Lipinski definition) is 2. The number of ketones is 1. The van der Waals surface area contributed by atoms with Crippen molar-refractivity contribution in [3.63, 3.8) is 0 Å². The summed E-state index contributed by atoms with van der Waals surface area (Å²) in [6.07, 6.45) is -6.72. The third-order valence-electron chi connectivity index (χ3n) is 4.34. The maximum atomic E-state index is 13.3. The van der Waals surface area contributed by atoms with E-state index in [0.717, 1.165) is 14.0 Å². The van der Waals surface area contributed by atoms with E-state index in [9.17, 15) is 19.5 Å². The number of nitrogens with one attached hydrogen (secondary N) is 1. The first-order chi connectivity index (χ1) is 16.0. The number of likely N-dealkylation sites (N-methyl/N-ethyl adjacent to an activating group) is 1. The van der Waals surface area contributed by atoms with Gasteiger partial charge in [-0.15, -0.1) is 0 Å². The summed E-state index contributed by atoms with van der Waals surface area (Å²) in [5.41, 5.74) is -0.379. The fourth-order valence-electron chi connectivity index (χ4n) is 2.57. The van der Waals surface area contributed by atoms with Gasteiger partial charge in [-0.25, -0.2) is 0 Å². The van der Waals surface area contributed by atoms with E-state index in [4.69, 9.17) is 12.3 Å². The largest absolute Gasteiger partial charge is 0.385 e. The molecule has 0 saturated carbocycles. The molecule has 0 aromatic heterocycles. The molecule has 2 unspecified atom stereocenters. The molecule has 0 aliphatic carbocycles. The Morgan fingerprint density at radius 2 is 2.15 bits per heavy atom. The van der Waals surface area contributed by atoms with Crippen LogP contribution in [-0.2, 0) is 20.8 Å². The van der Waals surface area contributed by atoms with E-state index in [0.29, 0.717) is 11.8 Å². The van der Waals surface area contributed by atoms with Gasteiger partial charge in [0.1, 0.15) is 12.1 Å². The molecule has 1 aliphatic heterocycles. The van der Waals surface area contributed by atoms with Crippen molar-refractivity contribution in [3.05, 3.63) is 35.4 Å². The van der Waals surface area contributed by atoms with E-state index in [1.54, 1.807) is 0 Å². The number of benzene rings is 1. The number of aliphatic hydroxyl groups is 1. The lowest BCUT2D eigenvalue weighted by Gasteiger charge is -2.26. The Labute approximate surface area is 173 Å². The van der Waals surface area contributed by atoms with Gasteiger partial charge in [-0.05, 0) is 30.3 Å². The fraction of sp³-hybridized carbons (Fsp3) is 0.571. The number of carbonyl (C=O) groups is 3. The number of hydrogen-bond acceptors (Lipinski definition) is 4. The quantitative estimate of drug-likeness (QED) is 0.785. The molecule has 1 aliphatic rings. The minimum absolute atomic E-state index is 0.164. The molecule has 6 nitrogen and oxygen atoms in total. The fourth-order valence-corrected chi connectivity index (χ4v) is 2.57. The summed E-state index contributed by atoms with van der Waals surface area (Å²) in [5, 5.41) is 12.5. The molecule has 6 heteroatoms. The zero-order chi connectivity index (χ0) is 28.3. The van der Waals surface area contributed by atoms with Gasteiger partial charge in [-0.3, -0.25) is 14.4 Å². The number of carbonyl (C=O) groups excluding carboxylic acids is 3. The maximum Gasteiger partial charge on any atom is 0.249 e. The lowest BCUT2D eigenvalue weighted by molar-refractivity contribution is -0.138. The van der Waals surface area contributed by atoms with Crippen molar-refractivity contribution < 1.29 is 31.8 Å². The summed E-state index contributed by atoms with van der Waals surface area (Å²) in [6.45, 7) is -0.140. The predicted octanol–water partition coefficient (Wildman–Crippen LogP) is 1.86. The van der Waals surface area contributed by atoms with E-state index in [1.165, 1.54) is 31.2 Å². The number of amides is 2. The van der Waals surface area contributed by atoms with Crippen LogP contribution in [0.25, 0.3) is 0 Å². The van der Waals surface area contributed by atoms with Gasteiger partial charge in [-0.2, -0.15) is 0 Å². The molecule has 148 valence electrons. The average molecular weight is 384 g/mol. The second kappa shape index (κ2) is 8.65. The molecule has 1 aromatic rings. The highest BCUT2D eigenvalue weighted by atomic mass is 16.3. The second-order valence-corrected chi connectivity index (χ2v) is 6.49. The SMILES string of the molecule is [2H]C([2H])([2H])C([2H])(C)[C@]([2H])(O)C(=O)C[C@@H](C)C(=O)N[C@]1([2H])C(=O)N(C)C([2H])(C)C([2H])([2H])c2ccccc21. The first-order valence-electron chi connectivity index (χ1n) is 12.9. The normalized spacial score (nSPS) is 38.0. The van der Waals surface area contributed by atoms with Crippen LogP contribution >= 0.6 is 0 Å². The molecule has 0 saturated heterocycles. The highest BCUT2D eigenvalue weighted by Crippen LogP contribution is 2.27. The van der Waals surface area contributed by atoms with Gasteiger partial charge in [0.15, 0.2) is 5.78 Å². The third kappa shape index (κ3) is 4.75. The lowest BCUT2D eigenvalue weighted by Crippen LogP contribution is -2.44. The minimum atomic E-state index is -3.39. The summed E-state index contributed by atoms with van der Waals surface area (Å²) < 4.78 is 72.3. The van der Waals surface area contributed by atoms with Gasteiger partial charge in [0.25, 0.3) is 0 Å². The Bertz CT molecular complexity index is 1070. The van der Waals surface area contributed by atoms with E-state index in [2.05, 4.69) is 5.32 Å². The molecule has 27 heavy (non-hydrogen) atoms. The van der Waals surface area contributed by atoms with Gasteiger partial charge in [0.05, 0.1) is 4.11 Å². The van der Waals surface area contributed by atoms with Crippen LogP contribution < -0.4 is 5.32 Å². The molecule has 0 radical (unpaired) electrons. The Hall–Kier alpha value is -2.21. The molecule has 2 N–H and O–H groups in total. The molecular weight excluding hydrogens is 344 g/mol. The van der Waals surface area contributed by atoms with Crippen LogP contribution in [0.5, 0.6) is 0 Å². The Kier molecular flexibility index (Phi) is 3.71. The molecular formula is C21H30N2O4. The third-order valence-corrected chi connectivity index (χ3v) is 4.34. The summed E-state index contributed by atoms with van der Waals surface area (Å²) >= 11 is 0. The average Bonchev–Trinajstić information content (AvgIpc) is 2.78. The minimum Gasteiger partial charge on any atom is -0.385 e. The first-order valence-corrected chi connectivity index (χ1v) is 8.44. The molecule has 0 spiro atoms. The van der Waals surface area contributed by atoms with Gasteiger partial charge in [0, 0.05) is 33.6 Å². The molecule has 0 fully saturated rings. The molecule has 2 rings (SSSR count). The highest BCUT2D eigenvalue weighted by Gasteiger charge is 2.34. The van der Waals surface area contributed by atoms with E-state index >= 15 is 0 Å². The molecule has 5 atom stereocenters. The van der Waals surface area contributed by atoms with Crippen molar-refractivity contribution in [1.82, 2.24) is 10.2 Å². The number of rotatable bonds is 6. The zero-order valence-corrected chi connectivity index (χ0v) is 15.7. The van der Waals surface area contributed by atoms with Crippen molar-refractivity contribution in [2.45, 2.75) is 58.5 Å². The van der Waals surface area contributed by atoms with Gasteiger partial charge < -0.3 is 15.3 Å². The van der Waals surface area contributed by atoms with Crippen molar-refractivity contribution in [2.24, 2.45) is 11.8 Å². The predicted molar refractivity (Wildman–Crippen MR) is 103 cm³/mol. The number of nitrogens with zero attached hydrogens (tertiary/aromatic N) is 1. The molecule has 0 bridgehead atoms. The summed E-state index contributed by atoms with van der Waals surface area (Å²) in [5.74, 6) is -7.87. The zero-order valence-electron chi connectivity index (χ0n) is 24.7. The van der Waals surface area contributed by atoms with Crippen LogP contribution in [0.1, 0.15) is 63.5 Å². The highest BCUT2D eigenvalue weighted by molar-refractivity contribution is 5.93. The van der Waals surface area contributed by atoms with Crippen molar-refractivity contribution in [2.75, 3.05) is 7.05 Å². The van der Waals surface area contributed by atoms with Crippen LogP contribution in [0.4, 0.5) is 0 Å². The topological polar surface area (TPSA) is 86.7 Å². The van der Waals surface area contributed by atoms with Crippen molar-refractivity contribution in [1.29, 1.82) is 0 Å². The molecule has 2 amide bonds. The number of Topliss-reactive ketones (excluding diaryl/α,β-unsaturated/α-hetero) is 1. The van der Waals surface area contributed by atoms with Crippen LogP contribution in [-0.4, -0.2) is 46.7 Å². The monoisotopic (exact) mass is 383 g/mol. The summed E-state index contributed by atoms with van der Waals surface area (Å²) in [7, 11) is 1.13. The Morgan fingerprint density at radius 3 is 2.81 bits per heavy atom. The Morgan fingerprint density at radius 1 is 1.48 bits per heavy atom. The van der Waals surface area contributed by atoms with Gasteiger partial charge >= 0.3 is 0 Å². The smallest absolute Gasteiger partial charge is 0.249 e. The van der Waals surface area contributed by atoms with E-state index < -0.39 is 67.2 Å². The van der Waals surface area contributed by atoms with Crippen LogP contribution in [0, 0.1) is 11.8 Å². The molecule has 1 aromatic carbocycles. The van der Waals surface area contributed by atoms with Crippen LogP contribution in [0.15, 0.2) is 24.3 Å². The van der Waals surface area contributed by atoms with Crippen LogP contribution in [0.3, 0.4) is 0 Å². The van der Waals surface area contributed by atoms with Gasteiger partial charge in [0.2, 0.25) is 11.8 Å². The van der Waals surface area contributed by atoms with E-state index in [1.807, 2.05) is 0 Å². The molecule has 1 heterocycles. The number of fused-ring (bicyclic) bond motifs is 1. The standard InChI is InChI=1S/C21H30N2O4/c1-12(2)19(25)17(24)10-13(3)20(26)22-18-16-9-7-6-8-15(16)11-14(4)23(5)21(18)27/h6-9,12-14,18-19,25H,10-11H2,1-5H3,(H,22,26)/t13-,14?,18+,19+/m1/s1/i1D3,11D2,12D,14D,18D,19D/t12?,13-,14?,18+,19+. The van der Waals surface area contributed by atoms with Crippen molar-refractivity contribution >= 4 is 17.6 Å². The first kappa shape index (κ1) is 11.6. The summed E-state index contributed by atoms with van der Waals surface area (Å²) in [6, 6.07) is 0.719. The Balaban J connectivity index is 2.44. The van der Waals surface area contributed by atoms with E-state index in [-0.39, 0.29) is 11.1 Å². The van der Waals surface area contributed by atoms with Crippen LogP contribution in [0.2, 0.25) is 0 Å².